The Kier molecular flexibility index (Phi) is 4.67. The Morgan fingerprint density at radius 1 is 1.33 bits per heavy atom. The summed E-state index contributed by atoms with van der Waals surface area (Å²) < 4.78 is 0. The number of hydrogen-bond donors (Lipinski definition) is 4. The first-order valence-electron chi connectivity index (χ1n) is 5.35. The molecule has 0 bridgehead atoms. The number of carbonyl (C=O) groups is 1. The molecule has 0 aliphatic carbocycles. The SMILES string of the molecule is CCNC(=O)c1cccc(N=C(N)N=C(N)N)c1. The van der Waals surface area contributed by atoms with Gasteiger partial charge in [0.1, 0.15) is 0 Å². The molecule has 0 unspecified atom stereocenters. The molecule has 96 valence electrons. The van der Waals surface area contributed by atoms with Gasteiger partial charge in [-0.2, -0.15) is 4.99 Å². The first kappa shape index (κ1) is 13.5. The molecule has 0 radical (unpaired) electrons. The fraction of sp³-hybridized carbons (Fsp3) is 0.182. The van der Waals surface area contributed by atoms with Crippen LogP contribution < -0.4 is 22.5 Å². The van der Waals surface area contributed by atoms with E-state index in [1.54, 1.807) is 24.3 Å². The van der Waals surface area contributed by atoms with Crippen LogP contribution in [-0.2, 0) is 0 Å². The molecule has 0 saturated heterocycles. The summed E-state index contributed by atoms with van der Waals surface area (Å²) in [4.78, 5) is 19.2. The molecule has 18 heavy (non-hydrogen) atoms. The van der Waals surface area contributed by atoms with Crippen molar-refractivity contribution in [3.63, 3.8) is 0 Å². The van der Waals surface area contributed by atoms with Gasteiger partial charge in [-0.1, -0.05) is 6.07 Å². The zero-order chi connectivity index (χ0) is 13.5. The normalized spacial score (nSPS) is 10.8. The molecule has 1 rings (SSSR count). The average molecular weight is 248 g/mol. The van der Waals surface area contributed by atoms with Crippen LogP contribution in [0.5, 0.6) is 0 Å². The number of aliphatic imine (C=N–C) groups is 2. The topological polar surface area (TPSA) is 132 Å². The zero-order valence-electron chi connectivity index (χ0n) is 10.1. The third-order valence-electron chi connectivity index (χ3n) is 1.93. The standard InChI is InChI=1S/C11H16N6O/c1-2-15-9(18)7-4-3-5-8(6-7)16-11(14)17-10(12)13/h3-6H,2H2,1H3,(H,15,18)(H6,12,13,14,16,17). The van der Waals surface area contributed by atoms with Gasteiger partial charge in [0.05, 0.1) is 5.69 Å². The molecule has 1 aromatic carbocycles. The van der Waals surface area contributed by atoms with Gasteiger partial charge < -0.3 is 22.5 Å². The lowest BCUT2D eigenvalue weighted by Crippen LogP contribution is -2.26. The Bertz CT molecular complexity index is 490. The average Bonchev–Trinajstić information content (AvgIpc) is 2.28. The van der Waals surface area contributed by atoms with Gasteiger partial charge in [0.15, 0.2) is 5.96 Å². The second-order valence-corrected chi connectivity index (χ2v) is 3.42. The van der Waals surface area contributed by atoms with Gasteiger partial charge in [0.2, 0.25) is 5.96 Å². The predicted octanol–water partition coefficient (Wildman–Crippen LogP) is -0.344. The number of nitrogens with one attached hydrogen (secondary N) is 1. The minimum atomic E-state index is -0.171. The quantitative estimate of drug-likeness (QED) is 0.430. The van der Waals surface area contributed by atoms with Crippen LogP contribution in [-0.4, -0.2) is 24.4 Å². The van der Waals surface area contributed by atoms with E-state index in [0.717, 1.165) is 0 Å². The summed E-state index contributed by atoms with van der Waals surface area (Å²) in [7, 11) is 0. The Balaban J connectivity index is 2.95. The van der Waals surface area contributed by atoms with E-state index in [0.29, 0.717) is 17.8 Å². The van der Waals surface area contributed by atoms with Crippen molar-refractivity contribution in [3.8, 4) is 0 Å². The van der Waals surface area contributed by atoms with E-state index in [-0.39, 0.29) is 17.8 Å². The third kappa shape index (κ3) is 4.12. The van der Waals surface area contributed by atoms with E-state index in [4.69, 9.17) is 17.2 Å². The van der Waals surface area contributed by atoms with Gasteiger partial charge in [-0.25, -0.2) is 4.99 Å². The number of nitrogens with zero attached hydrogens (tertiary/aromatic N) is 2. The van der Waals surface area contributed by atoms with E-state index < -0.39 is 0 Å². The first-order chi connectivity index (χ1) is 8.52. The van der Waals surface area contributed by atoms with Gasteiger partial charge in [-0.3, -0.25) is 4.79 Å². The molecule has 7 nitrogen and oxygen atoms in total. The van der Waals surface area contributed by atoms with Crippen LogP contribution in [0.2, 0.25) is 0 Å². The van der Waals surface area contributed by atoms with Gasteiger partial charge in [0, 0.05) is 12.1 Å². The number of benzene rings is 1. The van der Waals surface area contributed by atoms with Crippen molar-refractivity contribution in [3.05, 3.63) is 29.8 Å². The minimum Gasteiger partial charge on any atom is -0.370 e. The molecule has 0 atom stereocenters. The van der Waals surface area contributed by atoms with Gasteiger partial charge in [-0.15, -0.1) is 0 Å². The third-order valence-corrected chi connectivity index (χ3v) is 1.93. The molecule has 0 spiro atoms. The molecule has 0 heterocycles. The summed E-state index contributed by atoms with van der Waals surface area (Å²) in [5.41, 5.74) is 16.8. The van der Waals surface area contributed by atoms with Crippen LogP contribution in [0.1, 0.15) is 17.3 Å². The van der Waals surface area contributed by atoms with Crippen molar-refractivity contribution in [1.82, 2.24) is 5.32 Å². The van der Waals surface area contributed by atoms with Crippen LogP contribution in [0.25, 0.3) is 0 Å². The van der Waals surface area contributed by atoms with Crippen molar-refractivity contribution < 1.29 is 4.79 Å². The molecule has 0 aliphatic heterocycles. The molecule has 0 aliphatic rings. The highest BCUT2D eigenvalue weighted by Crippen LogP contribution is 2.14. The van der Waals surface area contributed by atoms with Crippen LogP contribution in [0.3, 0.4) is 0 Å². The lowest BCUT2D eigenvalue weighted by molar-refractivity contribution is 0.0956. The number of carbonyl (C=O) groups excluding carboxylic acids is 1. The largest absolute Gasteiger partial charge is 0.370 e. The number of amides is 1. The molecule has 0 saturated carbocycles. The maximum atomic E-state index is 11.6. The van der Waals surface area contributed by atoms with Crippen molar-refractivity contribution in [2.24, 2.45) is 27.2 Å². The Morgan fingerprint density at radius 3 is 2.67 bits per heavy atom. The van der Waals surface area contributed by atoms with E-state index >= 15 is 0 Å². The lowest BCUT2D eigenvalue weighted by Gasteiger charge is -2.02. The maximum Gasteiger partial charge on any atom is 0.251 e. The molecule has 7 heteroatoms. The number of rotatable bonds is 3. The van der Waals surface area contributed by atoms with Crippen molar-refractivity contribution >= 4 is 23.5 Å². The fourth-order valence-corrected chi connectivity index (χ4v) is 1.27. The Morgan fingerprint density at radius 2 is 2.06 bits per heavy atom. The molecule has 1 aromatic rings. The van der Waals surface area contributed by atoms with Crippen molar-refractivity contribution in [2.45, 2.75) is 6.92 Å². The van der Waals surface area contributed by atoms with Crippen LogP contribution in [0, 0.1) is 0 Å². The summed E-state index contributed by atoms with van der Waals surface area (Å²) in [6.07, 6.45) is 0. The maximum absolute atomic E-state index is 11.6. The fourth-order valence-electron chi connectivity index (χ4n) is 1.27. The Hall–Kier alpha value is -2.57. The molecule has 1 amide bonds. The lowest BCUT2D eigenvalue weighted by atomic mass is 10.2. The van der Waals surface area contributed by atoms with Gasteiger partial charge >= 0.3 is 0 Å². The molecular formula is C11H16N6O. The van der Waals surface area contributed by atoms with Crippen LogP contribution in [0.4, 0.5) is 5.69 Å². The zero-order valence-corrected chi connectivity index (χ0v) is 10.1. The summed E-state index contributed by atoms with van der Waals surface area (Å²) >= 11 is 0. The van der Waals surface area contributed by atoms with E-state index in [1.807, 2.05) is 6.92 Å². The highest BCUT2D eigenvalue weighted by atomic mass is 16.1. The predicted molar refractivity (Wildman–Crippen MR) is 71.5 cm³/mol. The first-order valence-corrected chi connectivity index (χ1v) is 5.35. The number of nitrogens with two attached hydrogens (primary N) is 3. The summed E-state index contributed by atoms with van der Waals surface area (Å²) in [5, 5.41) is 2.69. The smallest absolute Gasteiger partial charge is 0.251 e. The highest BCUT2D eigenvalue weighted by Gasteiger charge is 2.04. The van der Waals surface area contributed by atoms with E-state index in [1.165, 1.54) is 0 Å². The van der Waals surface area contributed by atoms with Gasteiger partial charge in [0.25, 0.3) is 5.91 Å². The van der Waals surface area contributed by atoms with E-state index in [9.17, 15) is 4.79 Å². The number of guanidine groups is 2. The highest BCUT2D eigenvalue weighted by molar-refractivity contribution is 5.96. The van der Waals surface area contributed by atoms with E-state index in [2.05, 4.69) is 15.3 Å². The monoisotopic (exact) mass is 248 g/mol. The minimum absolute atomic E-state index is 0.0666. The summed E-state index contributed by atoms with van der Waals surface area (Å²) in [6, 6.07) is 6.67. The van der Waals surface area contributed by atoms with Gasteiger partial charge in [-0.05, 0) is 25.1 Å². The molecule has 7 N–H and O–H groups in total. The second kappa shape index (κ2) is 6.24. The molecular weight excluding hydrogens is 232 g/mol. The van der Waals surface area contributed by atoms with Crippen LogP contribution in [0.15, 0.2) is 34.3 Å². The summed E-state index contributed by atoms with van der Waals surface area (Å²) in [6.45, 7) is 2.40. The Labute approximate surface area is 105 Å². The molecule has 0 fully saturated rings. The number of hydrogen-bond acceptors (Lipinski definition) is 2. The van der Waals surface area contributed by atoms with Crippen molar-refractivity contribution in [2.75, 3.05) is 6.54 Å². The van der Waals surface area contributed by atoms with Crippen molar-refractivity contribution in [1.29, 1.82) is 0 Å². The molecule has 0 aromatic heterocycles. The summed E-state index contributed by atoms with van der Waals surface area (Å²) in [5.74, 6) is -0.408. The second-order valence-electron chi connectivity index (χ2n) is 3.42. The van der Waals surface area contributed by atoms with Crippen LogP contribution >= 0.6 is 0 Å².